The minimum atomic E-state index is -0.326. The summed E-state index contributed by atoms with van der Waals surface area (Å²) in [6.45, 7) is 8.06. The summed E-state index contributed by atoms with van der Waals surface area (Å²) in [5.41, 5.74) is 5.89. The van der Waals surface area contributed by atoms with Crippen LogP contribution in [0.4, 0.5) is 0 Å². The molecule has 1 saturated heterocycles. The van der Waals surface area contributed by atoms with Crippen molar-refractivity contribution in [2.45, 2.75) is 12.5 Å². The summed E-state index contributed by atoms with van der Waals surface area (Å²) in [6.07, 6.45) is 4.71. The van der Waals surface area contributed by atoms with E-state index in [1.807, 2.05) is 17.2 Å². The van der Waals surface area contributed by atoms with Gasteiger partial charge in [-0.25, -0.2) is 0 Å². The molecule has 1 aliphatic rings. The summed E-state index contributed by atoms with van der Waals surface area (Å²) < 4.78 is 0. The van der Waals surface area contributed by atoms with Crippen molar-refractivity contribution in [3.8, 4) is 0 Å². The number of carbonyl (C=O) groups is 1. The van der Waals surface area contributed by atoms with Gasteiger partial charge < -0.3 is 10.6 Å². The van der Waals surface area contributed by atoms with Crippen molar-refractivity contribution in [3.63, 3.8) is 0 Å². The molecule has 1 fully saturated rings. The van der Waals surface area contributed by atoms with E-state index in [4.69, 9.17) is 5.73 Å². The van der Waals surface area contributed by atoms with Gasteiger partial charge in [0.15, 0.2) is 0 Å². The topological polar surface area (TPSA) is 49.6 Å². The van der Waals surface area contributed by atoms with E-state index in [2.05, 4.69) is 11.5 Å². The van der Waals surface area contributed by atoms with Gasteiger partial charge in [-0.05, 0) is 18.4 Å². The summed E-state index contributed by atoms with van der Waals surface area (Å²) in [4.78, 5) is 16.2. The first-order chi connectivity index (χ1) is 8.19. The van der Waals surface area contributed by atoms with Crippen LogP contribution in [0.1, 0.15) is 6.42 Å². The molecule has 0 aliphatic carbocycles. The van der Waals surface area contributed by atoms with Crippen molar-refractivity contribution < 1.29 is 4.79 Å². The van der Waals surface area contributed by atoms with E-state index in [0.717, 1.165) is 44.9 Å². The standard InChI is InChI=1S/C12H23N3OS/c1-3-5-14-6-8-15(9-7-14)12(16)11(13)4-10-17-2/h3,11H,1,4-10,13H2,2H3/t11-/m1/s1. The van der Waals surface area contributed by atoms with E-state index >= 15 is 0 Å². The zero-order chi connectivity index (χ0) is 12.7. The van der Waals surface area contributed by atoms with Crippen LogP contribution >= 0.6 is 11.8 Å². The molecule has 0 saturated carbocycles. The highest BCUT2D eigenvalue weighted by atomic mass is 32.2. The number of carbonyl (C=O) groups excluding carboxylic acids is 1. The fourth-order valence-corrected chi connectivity index (χ4v) is 2.43. The van der Waals surface area contributed by atoms with Crippen LogP contribution in [-0.4, -0.2) is 66.5 Å². The fourth-order valence-electron chi connectivity index (χ4n) is 1.94. The highest BCUT2D eigenvalue weighted by Crippen LogP contribution is 2.06. The van der Waals surface area contributed by atoms with Crippen molar-refractivity contribution in [2.24, 2.45) is 5.73 Å². The van der Waals surface area contributed by atoms with Crippen molar-refractivity contribution in [2.75, 3.05) is 44.7 Å². The maximum atomic E-state index is 12.0. The molecule has 1 amide bonds. The van der Waals surface area contributed by atoms with Gasteiger partial charge in [-0.1, -0.05) is 6.08 Å². The monoisotopic (exact) mass is 257 g/mol. The minimum Gasteiger partial charge on any atom is -0.339 e. The number of thioether (sulfide) groups is 1. The van der Waals surface area contributed by atoms with Gasteiger partial charge in [0.05, 0.1) is 6.04 Å². The largest absolute Gasteiger partial charge is 0.339 e. The fraction of sp³-hybridized carbons (Fsp3) is 0.750. The molecule has 2 N–H and O–H groups in total. The Kier molecular flexibility index (Phi) is 6.62. The van der Waals surface area contributed by atoms with Gasteiger partial charge in [-0.2, -0.15) is 11.8 Å². The van der Waals surface area contributed by atoms with Crippen LogP contribution in [0.3, 0.4) is 0 Å². The second-order valence-corrected chi connectivity index (χ2v) is 5.29. The molecule has 1 atom stereocenters. The predicted molar refractivity (Wildman–Crippen MR) is 74.2 cm³/mol. The van der Waals surface area contributed by atoms with Crippen molar-refractivity contribution in [1.29, 1.82) is 0 Å². The normalized spacial score (nSPS) is 19.1. The lowest BCUT2D eigenvalue weighted by molar-refractivity contribution is -0.134. The molecule has 4 nitrogen and oxygen atoms in total. The third-order valence-electron chi connectivity index (χ3n) is 3.02. The Labute approximate surface area is 108 Å². The molecular weight excluding hydrogens is 234 g/mol. The number of nitrogens with two attached hydrogens (primary N) is 1. The first-order valence-electron chi connectivity index (χ1n) is 6.05. The zero-order valence-electron chi connectivity index (χ0n) is 10.6. The second kappa shape index (κ2) is 7.74. The van der Waals surface area contributed by atoms with Crippen molar-refractivity contribution >= 4 is 17.7 Å². The number of nitrogens with zero attached hydrogens (tertiary/aromatic N) is 2. The summed E-state index contributed by atoms with van der Waals surface area (Å²) in [5.74, 6) is 1.06. The van der Waals surface area contributed by atoms with Gasteiger partial charge in [-0.3, -0.25) is 9.69 Å². The molecule has 0 aromatic heterocycles. The first kappa shape index (κ1) is 14.5. The highest BCUT2D eigenvalue weighted by molar-refractivity contribution is 7.98. The van der Waals surface area contributed by atoms with E-state index in [1.165, 1.54) is 0 Å². The van der Waals surface area contributed by atoms with Crippen LogP contribution in [0.15, 0.2) is 12.7 Å². The van der Waals surface area contributed by atoms with E-state index in [0.29, 0.717) is 0 Å². The number of hydrogen-bond acceptors (Lipinski definition) is 4. The number of rotatable bonds is 6. The van der Waals surface area contributed by atoms with E-state index in [-0.39, 0.29) is 11.9 Å². The molecule has 0 bridgehead atoms. The predicted octanol–water partition coefficient (Wildman–Crippen LogP) is 0.397. The van der Waals surface area contributed by atoms with Crippen LogP contribution in [0.5, 0.6) is 0 Å². The summed E-state index contributed by atoms with van der Waals surface area (Å²) in [5, 5.41) is 0. The molecule has 0 aromatic carbocycles. The molecule has 1 rings (SSSR count). The molecule has 0 radical (unpaired) electrons. The first-order valence-corrected chi connectivity index (χ1v) is 7.45. The molecule has 0 unspecified atom stereocenters. The van der Waals surface area contributed by atoms with Gasteiger partial charge in [0, 0.05) is 32.7 Å². The van der Waals surface area contributed by atoms with E-state index in [1.54, 1.807) is 11.8 Å². The molecular formula is C12H23N3OS. The molecule has 1 aliphatic heterocycles. The van der Waals surface area contributed by atoms with Crippen LogP contribution in [0, 0.1) is 0 Å². The zero-order valence-corrected chi connectivity index (χ0v) is 11.4. The maximum absolute atomic E-state index is 12.0. The molecule has 0 aromatic rings. The van der Waals surface area contributed by atoms with Gasteiger partial charge in [-0.15, -0.1) is 6.58 Å². The van der Waals surface area contributed by atoms with Crippen LogP contribution in [-0.2, 0) is 4.79 Å². The molecule has 17 heavy (non-hydrogen) atoms. The Morgan fingerprint density at radius 1 is 1.47 bits per heavy atom. The van der Waals surface area contributed by atoms with Crippen LogP contribution < -0.4 is 5.73 Å². The summed E-state index contributed by atoms with van der Waals surface area (Å²) >= 11 is 1.73. The average molecular weight is 257 g/mol. The maximum Gasteiger partial charge on any atom is 0.239 e. The number of amides is 1. The quantitative estimate of drug-likeness (QED) is 0.700. The average Bonchev–Trinajstić information content (AvgIpc) is 2.36. The Morgan fingerprint density at radius 3 is 2.65 bits per heavy atom. The molecule has 5 heteroatoms. The van der Waals surface area contributed by atoms with Gasteiger partial charge in [0.25, 0.3) is 0 Å². The van der Waals surface area contributed by atoms with E-state index < -0.39 is 0 Å². The number of hydrogen-bond donors (Lipinski definition) is 1. The molecule has 1 heterocycles. The highest BCUT2D eigenvalue weighted by Gasteiger charge is 2.24. The van der Waals surface area contributed by atoms with Crippen LogP contribution in [0.25, 0.3) is 0 Å². The second-order valence-electron chi connectivity index (χ2n) is 4.30. The Hall–Kier alpha value is -0.520. The summed E-state index contributed by atoms with van der Waals surface area (Å²) in [6, 6.07) is -0.326. The molecule has 98 valence electrons. The van der Waals surface area contributed by atoms with Gasteiger partial charge in [0.1, 0.15) is 0 Å². The smallest absolute Gasteiger partial charge is 0.239 e. The Bertz CT molecular complexity index is 252. The van der Waals surface area contributed by atoms with Gasteiger partial charge >= 0.3 is 0 Å². The summed E-state index contributed by atoms with van der Waals surface area (Å²) in [7, 11) is 0. The third kappa shape index (κ3) is 4.69. The Balaban J connectivity index is 2.32. The lowest BCUT2D eigenvalue weighted by Crippen LogP contribution is -2.53. The lowest BCUT2D eigenvalue weighted by atomic mass is 10.2. The SMILES string of the molecule is C=CCN1CCN(C(=O)[C@H](N)CCSC)CC1. The van der Waals surface area contributed by atoms with Crippen molar-refractivity contribution in [3.05, 3.63) is 12.7 Å². The lowest BCUT2D eigenvalue weighted by Gasteiger charge is -2.35. The third-order valence-corrected chi connectivity index (χ3v) is 3.67. The minimum absolute atomic E-state index is 0.109. The van der Waals surface area contributed by atoms with Gasteiger partial charge in [0.2, 0.25) is 5.91 Å². The van der Waals surface area contributed by atoms with E-state index in [9.17, 15) is 4.79 Å². The van der Waals surface area contributed by atoms with Crippen LogP contribution in [0.2, 0.25) is 0 Å². The Morgan fingerprint density at radius 2 is 2.12 bits per heavy atom. The number of piperazine rings is 1. The molecule has 0 spiro atoms. The van der Waals surface area contributed by atoms with Crippen molar-refractivity contribution in [1.82, 2.24) is 9.80 Å².